The summed E-state index contributed by atoms with van der Waals surface area (Å²) >= 11 is 0. The number of para-hydroxylation sites is 1. The molecule has 8 heteroatoms. The SMILES string of the molecule is C=O.NC(N)=O.OCc1ccco1.Oc1ccccc1.c1ccoc1. The molecular formula is C17H22N2O6. The van der Waals surface area contributed by atoms with Crippen LogP contribution < -0.4 is 11.5 Å². The van der Waals surface area contributed by atoms with E-state index in [1.54, 1.807) is 48.9 Å². The monoisotopic (exact) mass is 350 g/mol. The molecule has 0 aliphatic heterocycles. The molecule has 136 valence electrons. The minimum Gasteiger partial charge on any atom is -0.508 e. The van der Waals surface area contributed by atoms with E-state index in [1.165, 1.54) is 6.26 Å². The van der Waals surface area contributed by atoms with Gasteiger partial charge in [0.2, 0.25) is 0 Å². The number of primary amides is 2. The van der Waals surface area contributed by atoms with Crippen molar-refractivity contribution >= 4 is 12.8 Å². The first-order valence-corrected chi connectivity index (χ1v) is 6.74. The molecule has 0 fully saturated rings. The lowest BCUT2D eigenvalue weighted by atomic mass is 10.3. The highest BCUT2D eigenvalue weighted by molar-refractivity contribution is 5.69. The number of hydrogen-bond donors (Lipinski definition) is 4. The highest BCUT2D eigenvalue weighted by atomic mass is 16.4. The number of aliphatic hydroxyl groups is 1. The molecule has 2 aromatic heterocycles. The maximum absolute atomic E-state index is 9.00. The van der Waals surface area contributed by atoms with E-state index in [2.05, 4.69) is 15.9 Å². The van der Waals surface area contributed by atoms with Crippen LogP contribution in [0.1, 0.15) is 5.76 Å². The van der Waals surface area contributed by atoms with Gasteiger partial charge in [0.05, 0.1) is 18.8 Å². The lowest BCUT2D eigenvalue weighted by molar-refractivity contribution is -0.0980. The van der Waals surface area contributed by atoms with Crippen molar-refractivity contribution in [1.82, 2.24) is 0 Å². The molecule has 0 spiro atoms. The molecule has 3 aromatic rings. The molecule has 1 aromatic carbocycles. The smallest absolute Gasteiger partial charge is 0.309 e. The van der Waals surface area contributed by atoms with Crippen molar-refractivity contribution in [3.63, 3.8) is 0 Å². The number of rotatable bonds is 1. The quantitative estimate of drug-likeness (QED) is 0.528. The summed E-state index contributed by atoms with van der Waals surface area (Å²) < 4.78 is 9.32. The molecule has 0 bridgehead atoms. The van der Waals surface area contributed by atoms with Crippen LogP contribution in [-0.2, 0) is 11.4 Å². The zero-order chi connectivity index (χ0) is 19.3. The predicted octanol–water partition coefficient (Wildman–Crippen LogP) is 2.28. The zero-order valence-corrected chi connectivity index (χ0v) is 13.5. The Kier molecular flexibility index (Phi) is 17.6. The van der Waals surface area contributed by atoms with Crippen molar-refractivity contribution in [3.05, 3.63) is 79.1 Å². The molecule has 0 aliphatic carbocycles. The van der Waals surface area contributed by atoms with Gasteiger partial charge in [0, 0.05) is 0 Å². The number of phenols is 1. The third kappa shape index (κ3) is 20.5. The molecule has 25 heavy (non-hydrogen) atoms. The van der Waals surface area contributed by atoms with E-state index < -0.39 is 6.03 Å². The Morgan fingerprint density at radius 2 is 1.44 bits per heavy atom. The summed E-state index contributed by atoms with van der Waals surface area (Å²) in [4.78, 5) is 17.0. The minimum atomic E-state index is -0.833. The molecule has 0 unspecified atom stereocenters. The normalized spacial score (nSPS) is 7.72. The summed E-state index contributed by atoms with van der Waals surface area (Å²) in [5, 5.41) is 17.0. The van der Waals surface area contributed by atoms with Gasteiger partial charge in [0.15, 0.2) is 0 Å². The van der Waals surface area contributed by atoms with Gasteiger partial charge in [0.25, 0.3) is 0 Å². The summed E-state index contributed by atoms with van der Waals surface area (Å²) in [7, 11) is 0. The van der Waals surface area contributed by atoms with Crippen LogP contribution >= 0.6 is 0 Å². The highest BCUT2D eigenvalue weighted by Gasteiger charge is 1.85. The van der Waals surface area contributed by atoms with Crippen molar-refractivity contribution in [2.45, 2.75) is 6.61 Å². The molecule has 2 amide bonds. The lowest BCUT2D eigenvalue weighted by Crippen LogP contribution is -2.18. The van der Waals surface area contributed by atoms with E-state index in [9.17, 15) is 0 Å². The number of hydrogen-bond acceptors (Lipinski definition) is 6. The van der Waals surface area contributed by atoms with Gasteiger partial charge in [-0.2, -0.15) is 0 Å². The Hall–Kier alpha value is -3.52. The van der Waals surface area contributed by atoms with Crippen molar-refractivity contribution in [2.75, 3.05) is 0 Å². The zero-order valence-electron chi connectivity index (χ0n) is 13.5. The first-order valence-electron chi connectivity index (χ1n) is 6.74. The second-order valence-corrected chi connectivity index (χ2v) is 3.77. The third-order valence-electron chi connectivity index (χ3n) is 1.92. The minimum absolute atomic E-state index is 0.00694. The number of aromatic hydroxyl groups is 1. The van der Waals surface area contributed by atoms with Crippen LogP contribution in [0.5, 0.6) is 5.75 Å². The highest BCUT2D eigenvalue weighted by Crippen LogP contribution is 2.02. The van der Waals surface area contributed by atoms with Crippen LogP contribution in [0.3, 0.4) is 0 Å². The van der Waals surface area contributed by atoms with E-state index in [1.807, 2.05) is 25.0 Å². The van der Waals surface area contributed by atoms with Crippen LogP contribution in [0.25, 0.3) is 0 Å². The van der Waals surface area contributed by atoms with E-state index >= 15 is 0 Å². The van der Waals surface area contributed by atoms with Crippen LogP contribution in [-0.4, -0.2) is 23.0 Å². The van der Waals surface area contributed by atoms with Gasteiger partial charge in [-0.25, -0.2) is 4.79 Å². The van der Waals surface area contributed by atoms with Crippen LogP contribution in [0.15, 0.2) is 82.2 Å². The van der Waals surface area contributed by atoms with Crippen LogP contribution in [0, 0.1) is 0 Å². The second kappa shape index (κ2) is 18.5. The second-order valence-electron chi connectivity index (χ2n) is 3.77. The van der Waals surface area contributed by atoms with Gasteiger partial charge in [-0.05, 0) is 36.4 Å². The molecule has 8 nitrogen and oxygen atoms in total. The van der Waals surface area contributed by atoms with Gasteiger partial charge in [-0.15, -0.1) is 0 Å². The molecule has 0 atom stereocenters. The number of phenolic OH excluding ortho intramolecular Hbond substituents is 1. The predicted molar refractivity (Wildman–Crippen MR) is 92.3 cm³/mol. The van der Waals surface area contributed by atoms with Crippen LogP contribution in [0.4, 0.5) is 4.79 Å². The van der Waals surface area contributed by atoms with E-state index in [0.29, 0.717) is 11.5 Å². The van der Waals surface area contributed by atoms with E-state index in [0.717, 1.165) is 0 Å². The standard InChI is InChI=1S/C6H6O.C5H6O2.C4H4O.CH4N2O.CH2O/c7-6-4-2-1-3-5-6;6-4-5-2-1-3-7-5;1-2-4-5-3-1;2-1(3)4;1-2/h1-5,7H;1-3,6H,4H2;1-4H;(H4,2,3,4);1H2. The Balaban J connectivity index is 0. The molecule has 2 heterocycles. The Morgan fingerprint density at radius 3 is 1.64 bits per heavy atom. The van der Waals surface area contributed by atoms with E-state index in [-0.39, 0.29) is 6.61 Å². The number of amides is 2. The molecule has 0 saturated heterocycles. The number of aliphatic hydroxyl groups excluding tert-OH is 1. The number of benzene rings is 1. The molecule has 3 rings (SSSR count). The van der Waals surface area contributed by atoms with Gasteiger partial charge in [0.1, 0.15) is 24.9 Å². The van der Waals surface area contributed by atoms with Crippen molar-refractivity contribution < 1.29 is 28.6 Å². The Labute approximate surface area is 145 Å². The largest absolute Gasteiger partial charge is 0.508 e. The number of carbonyl (C=O) groups excluding carboxylic acids is 2. The van der Waals surface area contributed by atoms with Crippen molar-refractivity contribution in [3.8, 4) is 5.75 Å². The van der Waals surface area contributed by atoms with Crippen LogP contribution in [0.2, 0.25) is 0 Å². The summed E-state index contributed by atoms with van der Waals surface area (Å²) in [6.07, 6.45) is 4.78. The third-order valence-corrected chi connectivity index (χ3v) is 1.92. The molecular weight excluding hydrogens is 328 g/mol. The topological polar surface area (TPSA) is 153 Å². The summed E-state index contributed by atoms with van der Waals surface area (Å²) in [5.74, 6) is 0.933. The Morgan fingerprint density at radius 1 is 0.920 bits per heavy atom. The number of furan rings is 2. The molecule has 6 N–H and O–H groups in total. The number of nitrogens with two attached hydrogens (primary N) is 2. The lowest BCUT2D eigenvalue weighted by Gasteiger charge is -1.82. The fraction of sp³-hybridized carbons (Fsp3) is 0.0588. The summed E-state index contributed by atoms with van der Waals surface area (Å²) in [5.41, 5.74) is 8.50. The maximum Gasteiger partial charge on any atom is 0.309 e. The average Bonchev–Trinajstić information content (AvgIpc) is 3.34. The van der Waals surface area contributed by atoms with Gasteiger partial charge in [-0.3, -0.25) is 0 Å². The van der Waals surface area contributed by atoms with Gasteiger partial charge < -0.3 is 35.3 Å². The fourth-order valence-corrected chi connectivity index (χ4v) is 1.06. The number of urea groups is 1. The number of carbonyl (C=O) groups is 2. The summed E-state index contributed by atoms with van der Waals surface area (Å²) in [6.45, 7) is 1.99. The Bertz CT molecular complexity index is 576. The summed E-state index contributed by atoms with van der Waals surface area (Å²) in [6, 6.07) is 15.0. The van der Waals surface area contributed by atoms with E-state index in [4.69, 9.17) is 24.2 Å². The van der Waals surface area contributed by atoms with Crippen molar-refractivity contribution in [2.24, 2.45) is 11.5 Å². The first kappa shape index (κ1) is 23.7. The average molecular weight is 350 g/mol. The van der Waals surface area contributed by atoms with Gasteiger partial charge >= 0.3 is 6.03 Å². The fourth-order valence-electron chi connectivity index (χ4n) is 1.06. The molecule has 0 aliphatic rings. The van der Waals surface area contributed by atoms with Crippen molar-refractivity contribution in [1.29, 1.82) is 0 Å². The first-order chi connectivity index (χ1) is 12.1. The molecule has 0 radical (unpaired) electrons. The maximum atomic E-state index is 9.00. The van der Waals surface area contributed by atoms with Gasteiger partial charge in [-0.1, -0.05) is 18.2 Å². The molecule has 0 saturated carbocycles.